The highest BCUT2D eigenvalue weighted by Crippen LogP contribution is 2.53. The third-order valence-corrected chi connectivity index (χ3v) is 3.47. The molecule has 0 heterocycles. The lowest BCUT2D eigenvalue weighted by molar-refractivity contribution is 0.141. The molecule has 0 bridgehead atoms. The zero-order valence-corrected chi connectivity index (χ0v) is 14.0. The number of hydrogen-bond acceptors (Lipinski definition) is 6. The molecule has 0 aliphatic heterocycles. The molecule has 1 aromatic rings. The maximum absolute atomic E-state index is 11.0. The minimum absolute atomic E-state index is 0.0297. The van der Waals surface area contributed by atoms with Crippen LogP contribution in [0.4, 0.5) is 4.79 Å². The average molecular weight is 328 g/mol. The molecule has 0 aromatic heterocycles. The molecule has 2 N–H and O–H groups in total. The molecule has 23 heavy (non-hydrogen) atoms. The van der Waals surface area contributed by atoms with Crippen LogP contribution < -0.4 is 18.9 Å². The van der Waals surface area contributed by atoms with Gasteiger partial charge in [-0.1, -0.05) is 26.2 Å². The topological polar surface area (TPSA) is 94.5 Å². The number of ether oxygens (including phenoxy) is 4. The number of benzene rings is 1. The third kappa shape index (κ3) is 4.34. The van der Waals surface area contributed by atoms with Crippen molar-refractivity contribution in [1.82, 2.24) is 0 Å². The van der Waals surface area contributed by atoms with Crippen LogP contribution in [0.3, 0.4) is 0 Å². The fourth-order valence-corrected chi connectivity index (χ4v) is 2.44. The summed E-state index contributed by atoms with van der Waals surface area (Å²) < 4.78 is 20.5. The Kier molecular flexibility index (Phi) is 7.31. The Morgan fingerprint density at radius 3 is 2.00 bits per heavy atom. The monoisotopic (exact) mass is 328 g/mol. The summed E-state index contributed by atoms with van der Waals surface area (Å²) in [6.07, 6.45) is 2.88. The minimum atomic E-state index is -1.52. The van der Waals surface area contributed by atoms with E-state index in [-0.39, 0.29) is 17.2 Å². The van der Waals surface area contributed by atoms with Gasteiger partial charge in [0.15, 0.2) is 11.5 Å². The van der Waals surface area contributed by atoms with Crippen LogP contribution in [-0.4, -0.2) is 37.7 Å². The molecule has 7 heteroatoms. The maximum atomic E-state index is 11.0. The van der Waals surface area contributed by atoms with Gasteiger partial charge in [-0.15, -0.1) is 0 Å². The lowest BCUT2D eigenvalue weighted by atomic mass is 10.0. The lowest BCUT2D eigenvalue weighted by Gasteiger charge is -2.20. The van der Waals surface area contributed by atoms with Crippen LogP contribution in [0.1, 0.15) is 38.2 Å². The maximum Gasteiger partial charge on any atom is 0.511 e. The van der Waals surface area contributed by atoms with E-state index in [1.54, 1.807) is 0 Å². The zero-order valence-electron chi connectivity index (χ0n) is 14.0. The number of carbonyl (C=O) groups is 1. The number of phenolic OH excluding ortho intramolecular Hbond substituents is 1. The van der Waals surface area contributed by atoms with Crippen molar-refractivity contribution >= 4 is 6.16 Å². The van der Waals surface area contributed by atoms with Crippen LogP contribution in [-0.2, 0) is 6.42 Å². The Morgan fingerprint density at radius 2 is 1.52 bits per heavy atom. The van der Waals surface area contributed by atoms with Crippen molar-refractivity contribution in [2.45, 2.75) is 39.0 Å². The summed E-state index contributed by atoms with van der Waals surface area (Å²) >= 11 is 0. The highest BCUT2D eigenvalue weighted by atomic mass is 16.7. The van der Waals surface area contributed by atoms with Crippen LogP contribution >= 0.6 is 0 Å². The Morgan fingerprint density at radius 1 is 0.913 bits per heavy atom. The second kappa shape index (κ2) is 8.97. The van der Waals surface area contributed by atoms with E-state index >= 15 is 0 Å². The number of hydrogen-bond donors (Lipinski definition) is 2. The molecule has 130 valence electrons. The van der Waals surface area contributed by atoms with E-state index < -0.39 is 11.9 Å². The van der Waals surface area contributed by atoms with Gasteiger partial charge in [-0.05, 0) is 12.8 Å². The largest absolute Gasteiger partial charge is 0.511 e. The summed E-state index contributed by atoms with van der Waals surface area (Å²) in [5.74, 6) is -0.120. The van der Waals surface area contributed by atoms with E-state index in [4.69, 9.17) is 24.1 Å². The van der Waals surface area contributed by atoms with Crippen molar-refractivity contribution in [2.24, 2.45) is 0 Å². The van der Waals surface area contributed by atoms with Crippen LogP contribution in [0.2, 0.25) is 0 Å². The van der Waals surface area contributed by atoms with Gasteiger partial charge in [0, 0.05) is 5.56 Å². The molecule has 1 aromatic carbocycles. The SMILES string of the molecule is CCCCCCc1c(OC(=O)O)c(O)c(OC)c(OC)c1OC. The molecule has 0 fully saturated rings. The summed E-state index contributed by atoms with van der Waals surface area (Å²) in [4.78, 5) is 11.0. The summed E-state index contributed by atoms with van der Waals surface area (Å²) in [5.41, 5.74) is 0.446. The molecular formula is C16H24O7. The number of unbranched alkanes of at least 4 members (excludes halogenated alkanes) is 3. The van der Waals surface area contributed by atoms with Gasteiger partial charge in [-0.2, -0.15) is 0 Å². The van der Waals surface area contributed by atoms with Crippen molar-refractivity contribution < 1.29 is 34.0 Å². The molecule has 1 rings (SSSR count). The van der Waals surface area contributed by atoms with Crippen LogP contribution in [0.15, 0.2) is 0 Å². The van der Waals surface area contributed by atoms with E-state index in [2.05, 4.69) is 6.92 Å². The minimum Gasteiger partial charge on any atom is -0.502 e. The smallest absolute Gasteiger partial charge is 0.502 e. The van der Waals surface area contributed by atoms with Gasteiger partial charge in [0.05, 0.1) is 21.3 Å². The summed E-state index contributed by atoms with van der Waals surface area (Å²) in [5, 5.41) is 19.2. The van der Waals surface area contributed by atoms with Crippen LogP contribution in [0.5, 0.6) is 28.7 Å². The molecule has 0 saturated carbocycles. The first kappa shape index (κ1) is 18.7. The van der Waals surface area contributed by atoms with Crippen molar-refractivity contribution in [3.8, 4) is 28.7 Å². The van der Waals surface area contributed by atoms with Crippen molar-refractivity contribution in [2.75, 3.05) is 21.3 Å². The van der Waals surface area contributed by atoms with E-state index in [0.29, 0.717) is 17.7 Å². The van der Waals surface area contributed by atoms with Gasteiger partial charge in [-0.25, -0.2) is 4.79 Å². The van der Waals surface area contributed by atoms with Gasteiger partial charge >= 0.3 is 6.16 Å². The molecular weight excluding hydrogens is 304 g/mol. The predicted octanol–water partition coefficient (Wildman–Crippen LogP) is 3.60. The molecule has 0 atom stereocenters. The second-order valence-corrected chi connectivity index (χ2v) is 4.93. The van der Waals surface area contributed by atoms with Gasteiger partial charge in [0.25, 0.3) is 0 Å². The lowest BCUT2D eigenvalue weighted by Crippen LogP contribution is -2.09. The fourth-order valence-electron chi connectivity index (χ4n) is 2.44. The first-order valence-electron chi connectivity index (χ1n) is 7.46. The normalized spacial score (nSPS) is 10.3. The highest BCUT2D eigenvalue weighted by Gasteiger charge is 2.28. The van der Waals surface area contributed by atoms with Gasteiger partial charge in [0.2, 0.25) is 17.2 Å². The molecule has 0 aliphatic rings. The number of aromatic hydroxyl groups is 1. The Labute approximate surface area is 135 Å². The van der Waals surface area contributed by atoms with Crippen molar-refractivity contribution in [1.29, 1.82) is 0 Å². The highest BCUT2D eigenvalue weighted by molar-refractivity contribution is 5.73. The first-order chi connectivity index (χ1) is 11.0. The van der Waals surface area contributed by atoms with E-state index in [1.165, 1.54) is 21.3 Å². The molecule has 0 aliphatic carbocycles. The van der Waals surface area contributed by atoms with Gasteiger partial charge < -0.3 is 29.2 Å². The molecule has 0 spiro atoms. The van der Waals surface area contributed by atoms with Crippen molar-refractivity contribution in [3.63, 3.8) is 0 Å². The Balaban J connectivity index is 3.40. The summed E-state index contributed by atoms with van der Waals surface area (Å²) in [6.45, 7) is 2.10. The Bertz CT molecular complexity index is 540. The van der Waals surface area contributed by atoms with Gasteiger partial charge in [0.1, 0.15) is 0 Å². The Hall–Kier alpha value is -2.31. The standard InChI is InChI=1S/C16H24O7/c1-5-6-7-8-9-10-12(23-16(18)19)11(17)14(21-3)15(22-4)13(10)20-2/h17H,5-9H2,1-4H3,(H,18,19). The van der Waals surface area contributed by atoms with E-state index in [0.717, 1.165) is 25.7 Å². The van der Waals surface area contributed by atoms with E-state index in [1.807, 2.05) is 0 Å². The fraction of sp³-hybridized carbons (Fsp3) is 0.562. The second-order valence-electron chi connectivity index (χ2n) is 4.93. The number of carboxylic acid groups (broad SMARTS) is 1. The number of rotatable bonds is 9. The number of methoxy groups -OCH3 is 3. The van der Waals surface area contributed by atoms with Crippen LogP contribution in [0.25, 0.3) is 0 Å². The first-order valence-corrected chi connectivity index (χ1v) is 7.46. The molecule has 7 nitrogen and oxygen atoms in total. The van der Waals surface area contributed by atoms with Gasteiger partial charge in [-0.3, -0.25) is 0 Å². The number of phenols is 1. The third-order valence-electron chi connectivity index (χ3n) is 3.47. The van der Waals surface area contributed by atoms with Crippen molar-refractivity contribution in [3.05, 3.63) is 5.56 Å². The average Bonchev–Trinajstić information content (AvgIpc) is 2.53. The molecule has 0 saturated heterocycles. The zero-order chi connectivity index (χ0) is 17.4. The quantitative estimate of drug-likeness (QED) is 0.406. The van der Waals surface area contributed by atoms with E-state index in [9.17, 15) is 9.90 Å². The molecule has 0 amide bonds. The van der Waals surface area contributed by atoms with Crippen LogP contribution in [0, 0.1) is 0 Å². The molecule has 0 unspecified atom stereocenters. The predicted molar refractivity (Wildman–Crippen MR) is 84.3 cm³/mol. The summed E-state index contributed by atoms with van der Waals surface area (Å²) in [7, 11) is 4.19. The molecule has 0 radical (unpaired) electrons. The summed E-state index contributed by atoms with van der Waals surface area (Å²) in [6, 6.07) is 0.